The highest BCUT2D eigenvalue weighted by Crippen LogP contribution is 2.27. The zero-order chi connectivity index (χ0) is 19.8. The third-order valence-electron chi connectivity index (χ3n) is 3.40. The second kappa shape index (κ2) is 9.33. The molecule has 0 heterocycles. The van der Waals surface area contributed by atoms with Gasteiger partial charge in [-0.1, -0.05) is 12.1 Å². The lowest BCUT2D eigenvalue weighted by molar-refractivity contribution is -0.146. The molecule has 2 amide bonds. The van der Waals surface area contributed by atoms with Crippen molar-refractivity contribution in [3.8, 4) is 5.75 Å². The van der Waals surface area contributed by atoms with Crippen LogP contribution in [0, 0.1) is 5.82 Å². The first-order valence-electron chi connectivity index (χ1n) is 8.03. The van der Waals surface area contributed by atoms with Crippen LogP contribution in [0.2, 0.25) is 0 Å². The molecular weight excluding hydrogens is 355 g/mol. The van der Waals surface area contributed by atoms with Crippen LogP contribution in [0.15, 0.2) is 42.5 Å². The van der Waals surface area contributed by atoms with Crippen LogP contribution in [0.4, 0.5) is 15.8 Å². The van der Waals surface area contributed by atoms with Crippen LogP contribution in [0.5, 0.6) is 5.75 Å². The van der Waals surface area contributed by atoms with Crippen LogP contribution in [0.3, 0.4) is 0 Å². The van der Waals surface area contributed by atoms with Crippen molar-refractivity contribution in [2.45, 2.75) is 13.3 Å². The number of nitrogens with one attached hydrogen (secondary N) is 2. The second-order valence-corrected chi connectivity index (χ2v) is 5.61. The van der Waals surface area contributed by atoms with Gasteiger partial charge in [-0.2, -0.15) is 0 Å². The molecule has 0 aliphatic heterocycles. The maximum Gasteiger partial charge on any atom is 0.310 e. The molecule has 0 aliphatic carbocycles. The number of halogens is 1. The molecule has 0 unspecified atom stereocenters. The monoisotopic (exact) mass is 374 g/mol. The maximum atomic E-state index is 13.1. The zero-order valence-electron chi connectivity index (χ0n) is 14.9. The quantitative estimate of drug-likeness (QED) is 0.727. The van der Waals surface area contributed by atoms with Crippen LogP contribution in [-0.4, -0.2) is 31.5 Å². The molecular formula is C19H19FN2O5. The average Bonchev–Trinajstić information content (AvgIpc) is 2.60. The number of anilines is 2. The Morgan fingerprint density at radius 2 is 1.85 bits per heavy atom. The van der Waals surface area contributed by atoms with E-state index < -0.39 is 24.3 Å². The number of rotatable bonds is 7. The Morgan fingerprint density at radius 3 is 2.52 bits per heavy atom. The summed E-state index contributed by atoms with van der Waals surface area (Å²) in [6.07, 6.45) is -0.146. The normalized spacial score (nSPS) is 10.0. The third kappa shape index (κ3) is 6.43. The van der Waals surface area contributed by atoms with E-state index in [0.717, 1.165) is 0 Å². The molecule has 27 heavy (non-hydrogen) atoms. The van der Waals surface area contributed by atoms with Crippen LogP contribution in [0.25, 0.3) is 0 Å². The number of amides is 2. The summed E-state index contributed by atoms with van der Waals surface area (Å²) in [6.45, 7) is 0.849. The van der Waals surface area contributed by atoms with E-state index in [0.29, 0.717) is 22.7 Å². The summed E-state index contributed by atoms with van der Waals surface area (Å²) in [7, 11) is 1.43. The lowest BCUT2D eigenvalue weighted by atomic mass is 10.1. The van der Waals surface area contributed by atoms with Gasteiger partial charge in [0.15, 0.2) is 6.61 Å². The molecule has 0 radical (unpaired) electrons. The van der Waals surface area contributed by atoms with Gasteiger partial charge in [0.2, 0.25) is 5.91 Å². The van der Waals surface area contributed by atoms with E-state index in [4.69, 9.17) is 9.47 Å². The van der Waals surface area contributed by atoms with Gasteiger partial charge < -0.3 is 20.1 Å². The van der Waals surface area contributed by atoms with Gasteiger partial charge in [-0.3, -0.25) is 14.4 Å². The minimum absolute atomic E-state index is 0.146. The minimum Gasteiger partial charge on any atom is -0.495 e. The number of esters is 1. The fraction of sp³-hybridized carbons (Fsp3) is 0.211. The van der Waals surface area contributed by atoms with Gasteiger partial charge in [0, 0.05) is 12.6 Å². The Morgan fingerprint density at radius 1 is 1.07 bits per heavy atom. The second-order valence-electron chi connectivity index (χ2n) is 5.61. The van der Waals surface area contributed by atoms with E-state index in [1.807, 2.05) is 0 Å². The lowest BCUT2D eigenvalue weighted by Crippen LogP contribution is -2.22. The average molecular weight is 374 g/mol. The highest BCUT2D eigenvalue weighted by Gasteiger charge is 2.12. The first-order chi connectivity index (χ1) is 12.9. The number of benzene rings is 2. The summed E-state index contributed by atoms with van der Waals surface area (Å²) in [4.78, 5) is 35.0. The highest BCUT2D eigenvalue weighted by molar-refractivity contribution is 5.96. The molecule has 0 fully saturated rings. The summed E-state index contributed by atoms with van der Waals surface area (Å²) < 4.78 is 23.2. The molecule has 0 aromatic heterocycles. The van der Waals surface area contributed by atoms with Crippen molar-refractivity contribution in [3.05, 3.63) is 53.8 Å². The maximum absolute atomic E-state index is 13.1. The van der Waals surface area contributed by atoms with E-state index in [-0.39, 0.29) is 12.3 Å². The Bertz CT molecular complexity index is 854. The zero-order valence-corrected chi connectivity index (χ0v) is 14.9. The molecule has 0 saturated carbocycles. The van der Waals surface area contributed by atoms with Crippen LogP contribution in [0.1, 0.15) is 12.5 Å². The molecule has 2 rings (SSSR count). The molecule has 142 valence electrons. The fourth-order valence-corrected chi connectivity index (χ4v) is 2.28. The fourth-order valence-electron chi connectivity index (χ4n) is 2.28. The van der Waals surface area contributed by atoms with Crippen molar-refractivity contribution in [1.82, 2.24) is 0 Å². The van der Waals surface area contributed by atoms with Crippen molar-refractivity contribution in [2.75, 3.05) is 24.4 Å². The SMILES string of the molecule is COc1ccc(NC(C)=O)cc1NC(=O)COC(=O)Cc1cccc(F)c1. The molecule has 0 aliphatic rings. The summed E-state index contributed by atoms with van der Waals surface area (Å²) in [5.74, 6) is -1.58. The molecule has 2 aromatic rings. The molecule has 2 aromatic carbocycles. The van der Waals surface area contributed by atoms with Gasteiger partial charge in [-0.25, -0.2) is 4.39 Å². The highest BCUT2D eigenvalue weighted by atomic mass is 19.1. The molecule has 0 atom stereocenters. The summed E-state index contributed by atoms with van der Waals surface area (Å²) in [5.41, 5.74) is 1.24. The Hall–Kier alpha value is -3.42. The van der Waals surface area contributed by atoms with Gasteiger partial charge in [0.25, 0.3) is 5.91 Å². The number of carbonyl (C=O) groups excluding carboxylic acids is 3. The van der Waals surface area contributed by atoms with Crippen molar-refractivity contribution in [1.29, 1.82) is 0 Å². The molecule has 0 saturated heterocycles. The Kier molecular flexibility index (Phi) is 6.87. The number of methoxy groups -OCH3 is 1. The van der Waals surface area contributed by atoms with Gasteiger partial charge >= 0.3 is 5.97 Å². The minimum atomic E-state index is -0.658. The van der Waals surface area contributed by atoms with Crippen molar-refractivity contribution in [2.24, 2.45) is 0 Å². The molecule has 8 heteroatoms. The third-order valence-corrected chi connectivity index (χ3v) is 3.40. The molecule has 0 bridgehead atoms. The largest absolute Gasteiger partial charge is 0.495 e. The lowest BCUT2D eigenvalue weighted by Gasteiger charge is -2.12. The predicted molar refractivity (Wildman–Crippen MR) is 97.0 cm³/mol. The smallest absolute Gasteiger partial charge is 0.310 e. The summed E-state index contributed by atoms with van der Waals surface area (Å²) in [6, 6.07) is 10.3. The predicted octanol–water partition coefficient (Wildman–Crippen LogP) is 2.52. The van der Waals surface area contributed by atoms with E-state index in [2.05, 4.69) is 10.6 Å². The van der Waals surface area contributed by atoms with E-state index in [9.17, 15) is 18.8 Å². The standard InChI is InChI=1S/C19H19FN2O5/c1-12(23)21-15-6-7-17(26-2)16(10-15)22-18(24)11-27-19(25)9-13-4-3-5-14(20)8-13/h3-8,10H,9,11H2,1-2H3,(H,21,23)(H,22,24). The van der Waals surface area contributed by atoms with Gasteiger partial charge in [0.05, 0.1) is 19.2 Å². The molecule has 2 N–H and O–H groups in total. The van der Waals surface area contributed by atoms with Crippen LogP contribution >= 0.6 is 0 Å². The van der Waals surface area contributed by atoms with Gasteiger partial charge in [-0.15, -0.1) is 0 Å². The number of carbonyl (C=O) groups is 3. The number of ether oxygens (including phenoxy) is 2. The van der Waals surface area contributed by atoms with Crippen LogP contribution in [-0.2, 0) is 25.5 Å². The van der Waals surface area contributed by atoms with Crippen molar-refractivity contribution in [3.63, 3.8) is 0 Å². The Balaban J connectivity index is 1.92. The topological polar surface area (TPSA) is 93.7 Å². The summed E-state index contributed by atoms with van der Waals surface area (Å²) in [5, 5.41) is 5.14. The van der Waals surface area contributed by atoms with Crippen molar-refractivity contribution >= 4 is 29.2 Å². The number of hydrogen-bond donors (Lipinski definition) is 2. The van der Waals surface area contributed by atoms with E-state index >= 15 is 0 Å². The van der Waals surface area contributed by atoms with Crippen molar-refractivity contribution < 1.29 is 28.2 Å². The van der Waals surface area contributed by atoms with Gasteiger partial charge in [0.1, 0.15) is 11.6 Å². The first kappa shape index (κ1) is 19.9. The Labute approximate surface area is 155 Å². The summed E-state index contributed by atoms with van der Waals surface area (Å²) >= 11 is 0. The molecule has 0 spiro atoms. The number of hydrogen-bond acceptors (Lipinski definition) is 5. The first-order valence-corrected chi connectivity index (χ1v) is 8.03. The van der Waals surface area contributed by atoms with Crippen LogP contribution < -0.4 is 15.4 Å². The van der Waals surface area contributed by atoms with E-state index in [1.165, 1.54) is 38.3 Å². The molecule has 7 nitrogen and oxygen atoms in total. The van der Waals surface area contributed by atoms with Gasteiger partial charge in [-0.05, 0) is 35.9 Å². The van der Waals surface area contributed by atoms with E-state index in [1.54, 1.807) is 18.2 Å².